The van der Waals surface area contributed by atoms with Gasteiger partial charge in [-0.05, 0) is 24.1 Å². The van der Waals surface area contributed by atoms with Crippen molar-refractivity contribution in [3.63, 3.8) is 0 Å². The number of nitrogens with zero attached hydrogens (tertiary/aromatic N) is 4. The Morgan fingerprint density at radius 3 is 2.61 bits per heavy atom. The van der Waals surface area contributed by atoms with Crippen molar-refractivity contribution in [1.82, 2.24) is 24.3 Å². The Labute approximate surface area is 181 Å². The Morgan fingerprint density at radius 2 is 1.84 bits per heavy atom. The number of carbonyl (C=O) groups is 2. The van der Waals surface area contributed by atoms with Gasteiger partial charge in [0.2, 0.25) is 11.8 Å². The van der Waals surface area contributed by atoms with Crippen LogP contribution in [0.2, 0.25) is 0 Å². The normalized spacial score (nSPS) is 20.4. The zero-order chi connectivity index (χ0) is 22.0. The van der Waals surface area contributed by atoms with Crippen LogP contribution in [0.25, 0.3) is 11.0 Å². The third-order valence-electron chi connectivity index (χ3n) is 6.46. The lowest BCUT2D eigenvalue weighted by Gasteiger charge is -2.34. The molecule has 0 spiro atoms. The van der Waals surface area contributed by atoms with Gasteiger partial charge in [-0.3, -0.25) is 23.6 Å². The molecule has 0 saturated carbocycles. The molecule has 1 atom stereocenters. The zero-order valence-corrected chi connectivity index (χ0v) is 18.3. The van der Waals surface area contributed by atoms with E-state index in [1.807, 2.05) is 23.1 Å². The van der Waals surface area contributed by atoms with E-state index in [0.29, 0.717) is 32.5 Å². The van der Waals surface area contributed by atoms with E-state index in [9.17, 15) is 14.4 Å². The summed E-state index contributed by atoms with van der Waals surface area (Å²) in [7, 11) is 3.50. The number of fused-ring (bicyclic) bond motifs is 1. The van der Waals surface area contributed by atoms with E-state index in [-0.39, 0.29) is 23.4 Å². The van der Waals surface area contributed by atoms with E-state index in [4.69, 9.17) is 4.74 Å². The van der Waals surface area contributed by atoms with Gasteiger partial charge in [-0.25, -0.2) is 4.79 Å². The predicted octanol–water partition coefficient (Wildman–Crippen LogP) is 0.0640. The highest BCUT2D eigenvalue weighted by Crippen LogP contribution is 2.19. The molecule has 9 nitrogen and oxygen atoms in total. The first-order valence-electron chi connectivity index (χ1n) is 10.9. The lowest BCUT2D eigenvalue weighted by molar-refractivity contribution is -0.138. The van der Waals surface area contributed by atoms with Gasteiger partial charge in [0.25, 0.3) is 0 Å². The van der Waals surface area contributed by atoms with Gasteiger partial charge in [-0.15, -0.1) is 0 Å². The highest BCUT2D eigenvalue weighted by molar-refractivity contribution is 5.84. The van der Waals surface area contributed by atoms with Gasteiger partial charge in [-0.1, -0.05) is 6.07 Å². The summed E-state index contributed by atoms with van der Waals surface area (Å²) in [5.41, 5.74) is 2.58. The van der Waals surface area contributed by atoms with Crippen molar-refractivity contribution < 1.29 is 14.3 Å². The van der Waals surface area contributed by atoms with Gasteiger partial charge in [0.05, 0.1) is 30.2 Å². The van der Waals surface area contributed by atoms with E-state index in [0.717, 1.165) is 49.4 Å². The molecule has 0 bridgehead atoms. The summed E-state index contributed by atoms with van der Waals surface area (Å²) >= 11 is 0. The highest BCUT2D eigenvalue weighted by atomic mass is 16.5. The lowest BCUT2D eigenvalue weighted by Crippen LogP contribution is -2.49. The van der Waals surface area contributed by atoms with Crippen LogP contribution in [0.5, 0.6) is 0 Å². The predicted molar refractivity (Wildman–Crippen MR) is 117 cm³/mol. The molecule has 2 amide bonds. The summed E-state index contributed by atoms with van der Waals surface area (Å²) in [6.07, 6.45) is 1.00. The van der Waals surface area contributed by atoms with Gasteiger partial charge in [-0.2, -0.15) is 0 Å². The maximum absolute atomic E-state index is 12.8. The fourth-order valence-electron chi connectivity index (χ4n) is 4.43. The third kappa shape index (κ3) is 4.67. The summed E-state index contributed by atoms with van der Waals surface area (Å²) in [6.45, 7) is 5.61. The number of hydrogen-bond donors (Lipinski definition) is 1. The number of carbonyl (C=O) groups excluding carboxylic acids is 2. The highest BCUT2D eigenvalue weighted by Gasteiger charge is 2.30. The standard InChI is InChI=1S/C22H31N5O4/c1-24-18-5-3-16(13-19(18)25(2)22(24)30)14-23-21(29)17-4-6-20(28)27(15-17)8-7-26-9-11-31-12-10-26/h3,5,13,17H,4,6-12,14-15H2,1-2H3,(H,23,29)/t17-/m1/s1. The number of nitrogens with one attached hydrogen (secondary N) is 1. The molecule has 2 fully saturated rings. The molecule has 1 N–H and O–H groups in total. The molecule has 31 heavy (non-hydrogen) atoms. The molecule has 2 aliphatic rings. The molecule has 4 rings (SSSR count). The minimum atomic E-state index is -0.188. The smallest absolute Gasteiger partial charge is 0.328 e. The fraction of sp³-hybridized carbons (Fsp3) is 0.591. The molecule has 2 saturated heterocycles. The van der Waals surface area contributed by atoms with Crippen molar-refractivity contribution in [3.8, 4) is 0 Å². The summed E-state index contributed by atoms with van der Waals surface area (Å²) in [5.74, 6) is -0.0779. The van der Waals surface area contributed by atoms with Crippen LogP contribution in [0.4, 0.5) is 0 Å². The van der Waals surface area contributed by atoms with Gasteiger partial charge < -0.3 is 15.0 Å². The number of hydrogen-bond acceptors (Lipinski definition) is 5. The van der Waals surface area contributed by atoms with Crippen molar-refractivity contribution in [2.45, 2.75) is 19.4 Å². The van der Waals surface area contributed by atoms with Crippen LogP contribution in [0.1, 0.15) is 18.4 Å². The largest absolute Gasteiger partial charge is 0.379 e. The molecule has 2 aliphatic heterocycles. The van der Waals surface area contributed by atoms with Crippen LogP contribution < -0.4 is 11.0 Å². The minimum absolute atomic E-state index is 0.0223. The van der Waals surface area contributed by atoms with E-state index in [1.54, 1.807) is 23.2 Å². The van der Waals surface area contributed by atoms with Crippen LogP contribution in [-0.2, 0) is 35.0 Å². The average molecular weight is 430 g/mol. The monoisotopic (exact) mass is 429 g/mol. The van der Waals surface area contributed by atoms with Crippen LogP contribution in [0.15, 0.2) is 23.0 Å². The Hall–Kier alpha value is -2.65. The maximum atomic E-state index is 12.8. The fourth-order valence-corrected chi connectivity index (χ4v) is 4.43. The number of piperidine rings is 1. The number of benzene rings is 1. The van der Waals surface area contributed by atoms with E-state index in [1.165, 1.54) is 0 Å². The number of ether oxygens (including phenoxy) is 1. The summed E-state index contributed by atoms with van der Waals surface area (Å²) in [5, 5.41) is 3.02. The summed E-state index contributed by atoms with van der Waals surface area (Å²) in [6, 6.07) is 5.78. The van der Waals surface area contributed by atoms with Crippen molar-refractivity contribution in [2.24, 2.45) is 20.0 Å². The lowest BCUT2D eigenvalue weighted by atomic mass is 9.96. The van der Waals surface area contributed by atoms with Crippen molar-refractivity contribution >= 4 is 22.8 Å². The number of amides is 2. The molecule has 0 unspecified atom stereocenters. The number of aromatic nitrogens is 2. The molecule has 168 valence electrons. The quantitative estimate of drug-likeness (QED) is 0.702. The molecule has 2 aromatic rings. The van der Waals surface area contributed by atoms with Crippen molar-refractivity contribution in [3.05, 3.63) is 34.2 Å². The molecule has 0 aliphatic carbocycles. The Bertz CT molecular complexity index is 1020. The molecular formula is C22H31N5O4. The number of imidazole rings is 1. The van der Waals surface area contributed by atoms with Crippen LogP contribution >= 0.6 is 0 Å². The topological polar surface area (TPSA) is 88.8 Å². The number of likely N-dealkylation sites (tertiary alicyclic amines) is 1. The molecule has 9 heteroatoms. The van der Waals surface area contributed by atoms with Crippen LogP contribution in [0.3, 0.4) is 0 Å². The second kappa shape index (κ2) is 9.23. The zero-order valence-electron chi connectivity index (χ0n) is 18.3. The van der Waals surface area contributed by atoms with E-state index in [2.05, 4.69) is 10.2 Å². The van der Waals surface area contributed by atoms with E-state index < -0.39 is 0 Å². The first-order valence-corrected chi connectivity index (χ1v) is 10.9. The molecule has 1 aromatic carbocycles. The second-order valence-electron chi connectivity index (χ2n) is 8.47. The minimum Gasteiger partial charge on any atom is -0.379 e. The molecule has 3 heterocycles. The summed E-state index contributed by atoms with van der Waals surface area (Å²) in [4.78, 5) is 41.3. The van der Waals surface area contributed by atoms with E-state index >= 15 is 0 Å². The molecular weight excluding hydrogens is 398 g/mol. The number of aryl methyl sites for hydroxylation is 2. The van der Waals surface area contributed by atoms with Crippen LogP contribution in [0, 0.1) is 5.92 Å². The van der Waals surface area contributed by atoms with Crippen molar-refractivity contribution in [1.29, 1.82) is 0 Å². The average Bonchev–Trinajstić information content (AvgIpc) is 3.01. The Morgan fingerprint density at radius 1 is 1.10 bits per heavy atom. The first-order chi connectivity index (χ1) is 14.9. The van der Waals surface area contributed by atoms with Gasteiger partial charge in [0, 0.05) is 59.8 Å². The second-order valence-corrected chi connectivity index (χ2v) is 8.47. The SMILES string of the molecule is Cn1c(=O)n(C)c2cc(CNC(=O)[C@@H]3CCC(=O)N(CCN4CCOCC4)C3)ccc21. The van der Waals surface area contributed by atoms with Crippen LogP contribution in [-0.4, -0.2) is 76.7 Å². The first kappa shape index (κ1) is 21.6. The van der Waals surface area contributed by atoms with Gasteiger partial charge in [0.15, 0.2) is 0 Å². The third-order valence-corrected chi connectivity index (χ3v) is 6.46. The Kier molecular flexibility index (Phi) is 6.43. The molecule has 1 aromatic heterocycles. The van der Waals surface area contributed by atoms with Crippen molar-refractivity contribution in [2.75, 3.05) is 45.9 Å². The van der Waals surface area contributed by atoms with Gasteiger partial charge >= 0.3 is 5.69 Å². The maximum Gasteiger partial charge on any atom is 0.328 e. The number of rotatable bonds is 6. The Balaban J connectivity index is 1.32. The summed E-state index contributed by atoms with van der Waals surface area (Å²) < 4.78 is 8.59. The van der Waals surface area contributed by atoms with Gasteiger partial charge in [0.1, 0.15) is 0 Å². The number of morpholine rings is 1. The molecule has 0 radical (unpaired) electrons.